The third-order valence-electron chi connectivity index (χ3n) is 3.37. The average Bonchev–Trinajstić information content (AvgIpc) is 2.45. The van der Waals surface area contributed by atoms with Crippen LogP contribution in [0.4, 0.5) is 0 Å². The van der Waals surface area contributed by atoms with Crippen LogP contribution in [-0.4, -0.2) is 37.0 Å². The summed E-state index contributed by atoms with van der Waals surface area (Å²) in [5.41, 5.74) is 0.639. The van der Waals surface area contributed by atoms with Crippen molar-refractivity contribution in [2.24, 2.45) is 5.41 Å². The monoisotopic (exact) mass is 291 g/mol. The fourth-order valence-electron chi connectivity index (χ4n) is 2.29. The molecule has 0 saturated heterocycles. The molecule has 0 bridgehead atoms. The van der Waals surface area contributed by atoms with Crippen LogP contribution in [0.25, 0.3) is 0 Å². The molecule has 0 aliphatic heterocycles. The molecule has 0 unspecified atom stereocenters. The van der Waals surface area contributed by atoms with Gasteiger partial charge in [-0.1, -0.05) is 44.2 Å². The van der Waals surface area contributed by atoms with Crippen LogP contribution in [0.1, 0.15) is 32.8 Å². The summed E-state index contributed by atoms with van der Waals surface area (Å²) in [6.45, 7) is 6.40. The summed E-state index contributed by atoms with van der Waals surface area (Å²) in [4.78, 5) is 25.5. The topological polar surface area (TPSA) is 46.6 Å². The molecule has 4 heteroatoms. The molecule has 0 radical (unpaired) electrons. The third kappa shape index (κ3) is 5.58. The Bertz CT molecular complexity index is 468. The van der Waals surface area contributed by atoms with E-state index in [1.54, 1.807) is 18.9 Å². The number of hydrogen-bond acceptors (Lipinski definition) is 3. The number of carbonyl (C=O) groups is 2. The van der Waals surface area contributed by atoms with Crippen molar-refractivity contribution >= 4 is 11.9 Å². The van der Waals surface area contributed by atoms with E-state index in [-0.39, 0.29) is 18.3 Å². The van der Waals surface area contributed by atoms with Crippen LogP contribution in [0.5, 0.6) is 0 Å². The summed E-state index contributed by atoms with van der Waals surface area (Å²) in [7, 11) is 1.73. The minimum atomic E-state index is -0.495. The smallest absolute Gasteiger partial charge is 0.307 e. The molecule has 1 aromatic carbocycles. The molecule has 0 atom stereocenters. The first-order chi connectivity index (χ1) is 9.86. The van der Waals surface area contributed by atoms with Gasteiger partial charge >= 0.3 is 5.97 Å². The third-order valence-corrected chi connectivity index (χ3v) is 3.37. The van der Waals surface area contributed by atoms with E-state index in [9.17, 15) is 9.59 Å². The largest absolute Gasteiger partial charge is 0.466 e. The first-order valence-electron chi connectivity index (χ1n) is 7.32. The summed E-state index contributed by atoms with van der Waals surface area (Å²) in [5.74, 6) is -0.228. The maximum absolute atomic E-state index is 12.5. The van der Waals surface area contributed by atoms with Gasteiger partial charge in [0.25, 0.3) is 0 Å². The molecule has 1 aromatic rings. The number of ether oxygens (including phenoxy) is 1. The SMILES string of the molecule is CCOC(=O)CCN(C)C(=O)C(C)(C)Cc1ccccc1. The van der Waals surface area contributed by atoms with E-state index >= 15 is 0 Å². The quantitative estimate of drug-likeness (QED) is 0.726. The van der Waals surface area contributed by atoms with Crippen molar-refractivity contribution < 1.29 is 14.3 Å². The number of hydrogen-bond donors (Lipinski definition) is 0. The summed E-state index contributed by atoms with van der Waals surface area (Å²) >= 11 is 0. The second-order valence-corrected chi connectivity index (χ2v) is 5.83. The maximum Gasteiger partial charge on any atom is 0.307 e. The van der Waals surface area contributed by atoms with Gasteiger partial charge in [0.05, 0.1) is 13.0 Å². The van der Waals surface area contributed by atoms with Gasteiger partial charge in [-0.05, 0) is 18.9 Å². The normalized spacial score (nSPS) is 11.0. The fraction of sp³-hybridized carbons (Fsp3) is 0.529. The van der Waals surface area contributed by atoms with Gasteiger partial charge in [-0.15, -0.1) is 0 Å². The lowest BCUT2D eigenvalue weighted by Gasteiger charge is -2.29. The molecule has 0 aliphatic rings. The first-order valence-corrected chi connectivity index (χ1v) is 7.32. The van der Waals surface area contributed by atoms with Crippen LogP contribution >= 0.6 is 0 Å². The van der Waals surface area contributed by atoms with Crippen LogP contribution in [0.3, 0.4) is 0 Å². The highest BCUT2D eigenvalue weighted by Gasteiger charge is 2.30. The van der Waals surface area contributed by atoms with Gasteiger partial charge in [-0.2, -0.15) is 0 Å². The number of amides is 1. The van der Waals surface area contributed by atoms with Crippen LogP contribution in [-0.2, 0) is 20.7 Å². The highest BCUT2D eigenvalue weighted by Crippen LogP contribution is 2.24. The molecule has 4 nitrogen and oxygen atoms in total. The summed E-state index contributed by atoms with van der Waals surface area (Å²) < 4.78 is 4.88. The van der Waals surface area contributed by atoms with Gasteiger partial charge < -0.3 is 9.64 Å². The molecule has 0 spiro atoms. The van der Waals surface area contributed by atoms with Crippen molar-refractivity contribution in [3.05, 3.63) is 35.9 Å². The van der Waals surface area contributed by atoms with Crippen molar-refractivity contribution in [1.29, 1.82) is 0 Å². The Morgan fingerprint density at radius 2 is 1.81 bits per heavy atom. The molecule has 0 fully saturated rings. The van der Waals surface area contributed by atoms with Crippen molar-refractivity contribution in [3.8, 4) is 0 Å². The average molecular weight is 291 g/mol. The second kappa shape index (κ2) is 7.81. The van der Waals surface area contributed by atoms with Gasteiger partial charge in [0.15, 0.2) is 0 Å². The number of carbonyl (C=O) groups excluding carboxylic acids is 2. The van der Waals surface area contributed by atoms with E-state index in [1.807, 2.05) is 44.2 Å². The number of benzene rings is 1. The summed E-state index contributed by atoms with van der Waals surface area (Å²) in [5, 5.41) is 0. The number of rotatable bonds is 7. The standard InChI is InChI=1S/C17H25NO3/c1-5-21-15(19)11-12-18(4)16(20)17(2,3)13-14-9-7-6-8-10-14/h6-10H,5,11-13H2,1-4H3. The Morgan fingerprint density at radius 1 is 1.19 bits per heavy atom. The molecule has 1 amide bonds. The lowest BCUT2D eigenvalue weighted by Crippen LogP contribution is -2.40. The molecule has 116 valence electrons. The van der Waals surface area contributed by atoms with Gasteiger partial charge in [0, 0.05) is 19.0 Å². The molecule has 0 N–H and O–H groups in total. The van der Waals surface area contributed by atoms with Gasteiger partial charge in [0.1, 0.15) is 0 Å². The molecule has 21 heavy (non-hydrogen) atoms. The van der Waals surface area contributed by atoms with Crippen molar-refractivity contribution in [3.63, 3.8) is 0 Å². The molecule has 0 aliphatic carbocycles. The lowest BCUT2D eigenvalue weighted by molar-refractivity contribution is -0.145. The Hall–Kier alpha value is -1.84. The van der Waals surface area contributed by atoms with Crippen molar-refractivity contribution in [2.45, 2.75) is 33.6 Å². The molecule has 1 rings (SSSR count). The molecule has 0 heterocycles. The van der Waals surface area contributed by atoms with Crippen LogP contribution in [0.2, 0.25) is 0 Å². The molecule has 0 saturated carbocycles. The Labute approximate surface area is 127 Å². The molecular formula is C17H25NO3. The van der Waals surface area contributed by atoms with E-state index in [2.05, 4.69) is 0 Å². The maximum atomic E-state index is 12.5. The molecule has 0 aromatic heterocycles. The summed E-state index contributed by atoms with van der Waals surface area (Å²) in [6, 6.07) is 9.95. The zero-order valence-electron chi connectivity index (χ0n) is 13.4. The van der Waals surface area contributed by atoms with Gasteiger partial charge in [-0.25, -0.2) is 0 Å². The lowest BCUT2D eigenvalue weighted by atomic mass is 9.84. The minimum Gasteiger partial charge on any atom is -0.466 e. The second-order valence-electron chi connectivity index (χ2n) is 5.83. The number of esters is 1. The van der Waals surface area contributed by atoms with Crippen LogP contribution < -0.4 is 0 Å². The predicted molar refractivity (Wildman–Crippen MR) is 82.8 cm³/mol. The summed E-state index contributed by atoms with van der Waals surface area (Å²) in [6.07, 6.45) is 0.911. The van der Waals surface area contributed by atoms with E-state index in [0.717, 1.165) is 5.56 Å². The Kier molecular flexibility index (Phi) is 6.40. The first kappa shape index (κ1) is 17.2. The van der Waals surface area contributed by atoms with Crippen molar-refractivity contribution in [1.82, 2.24) is 4.90 Å². The van der Waals surface area contributed by atoms with Gasteiger partial charge in [-0.3, -0.25) is 9.59 Å². The van der Waals surface area contributed by atoms with Crippen LogP contribution in [0.15, 0.2) is 30.3 Å². The zero-order valence-corrected chi connectivity index (χ0v) is 13.4. The highest BCUT2D eigenvalue weighted by molar-refractivity contribution is 5.82. The van der Waals surface area contributed by atoms with E-state index in [1.165, 1.54) is 0 Å². The van der Waals surface area contributed by atoms with Gasteiger partial charge in [0.2, 0.25) is 5.91 Å². The van der Waals surface area contributed by atoms with Crippen LogP contribution in [0, 0.1) is 5.41 Å². The Balaban J connectivity index is 2.57. The Morgan fingerprint density at radius 3 is 2.38 bits per heavy atom. The predicted octanol–water partition coefficient (Wildman–Crippen LogP) is 2.67. The minimum absolute atomic E-state index is 0.0376. The van der Waals surface area contributed by atoms with E-state index in [4.69, 9.17) is 4.74 Å². The van der Waals surface area contributed by atoms with Crippen molar-refractivity contribution in [2.75, 3.05) is 20.2 Å². The molecular weight excluding hydrogens is 266 g/mol. The van der Waals surface area contributed by atoms with E-state index in [0.29, 0.717) is 19.6 Å². The van der Waals surface area contributed by atoms with E-state index < -0.39 is 5.41 Å². The highest BCUT2D eigenvalue weighted by atomic mass is 16.5. The number of nitrogens with zero attached hydrogens (tertiary/aromatic N) is 1. The zero-order chi connectivity index (χ0) is 15.9. The fourth-order valence-corrected chi connectivity index (χ4v) is 2.29.